The van der Waals surface area contributed by atoms with Crippen molar-refractivity contribution in [1.82, 2.24) is 0 Å². The highest BCUT2D eigenvalue weighted by molar-refractivity contribution is 5.50. The van der Waals surface area contributed by atoms with Crippen molar-refractivity contribution in [1.29, 1.82) is 0 Å². The molecule has 1 unspecified atom stereocenters. The Bertz CT molecular complexity index is 619. The second-order valence-electron chi connectivity index (χ2n) is 4.85. The van der Waals surface area contributed by atoms with Gasteiger partial charge in [0.1, 0.15) is 17.4 Å². The van der Waals surface area contributed by atoms with Gasteiger partial charge in [-0.1, -0.05) is 6.07 Å². The van der Waals surface area contributed by atoms with E-state index in [9.17, 15) is 8.78 Å². The third-order valence-corrected chi connectivity index (χ3v) is 3.32. The van der Waals surface area contributed by atoms with Crippen molar-refractivity contribution in [3.63, 3.8) is 0 Å². The number of likely N-dealkylation sites (N-methyl/N-ethyl adjacent to an activating group) is 1. The van der Waals surface area contributed by atoms with Crippen molar-refractivity contribution in [2.24, 2.45) is 5.73 Å². The number of ether oxygens (including phenoxy) is 1. The maximum Gasteiger partial charge on any atom is 0.128 e. The van der Waals surface area contributed by atoms with Crippen LogP contribution >= 0.6 is 0 Å². The summed E-state index contributed by atoms with van der Waals surface area (Å²) in [7, 11) is 3.43. The van der Waals surface area contributed by atoms with Gasteiger partial charge in [-0.25, -0.2) is 8.78 Å². The molecule has 0 aliphatic rings. The van der Waals surface area contributed by atoms with Gasteiger partial charge in [0.2, 0.25) is 0 Å². The molecule has 0 spiro atoms. The van der Waals surface area contributed by atoms with E-state index < -0.39 is 17.7 Å². The van der Waals surface area contributed by atoms with Crippen LogP contribution in [-0.2, 0) is 0 Å². The minimum Gasteiger partial charge on any atom is -0.497 e. The molecule has 0 saturated heterocycles. The van der Waals surface area contributed by atoms with Crippen LogP contribution in [0.15, 0.2) is 42.5 Å². The summed E-state index contributed by atoms with van der Waals surface area (Å²) in [6.45, 7) is 0.355. The van der Waals surface area contributed by atoms with Crippen LogP contribution in [0.5, 0.6) is 5.75 Å². The van der Waals surface area contributed by atoms with E-state index in [1.165, 1.54) is 0 Å². The van der Waals surface area contributed by atoms with Gasteiger partial charge in [0.15, 0.2) is 0 Å². The van der Waals surface area contributed by atoms with Crippen LogP contribution in [0, 0.1) is 11.6 Å². The third-order valence-electron chi connectivity index (χ3n) is 3.32. The van der Waals surface area contributed by atoms with E-state index in [1.54, 1.807) is 7.11 Å². The summed E-state index contributed by atoms with van der Waals surface area (Å²) < 4.78 is 32.1. The molecule has 0 saturated carbocycles. The van der Waals surface area contributed by atoms with Gasteiger partial charge in [-0.3, -0.25) is 0 Å². The molecule has 5 heteroatoms. The molecule has 0 radical (unpaired) electrons. The molecule has 0 aromatic heterocycles. The molecule has 0 bridgehead atoms. The lowest BCUT2D eigenvalue weighted by molar-refractivity contribution is 0.415. The van der Waals surface area contributed by atoms with E-state index in [1.807, 2.05) is 36.2 Å². The fourth-order valence-electron chi connectivity index (χ4n) is 2.15. The fourth-order valence-corrected chi connectivity index (χ4v) is 2.15. The first-order valence-corrected chi connectivity index (χ1v) is 6.57. The molecule has 0 aliphatic carbocycles. The zero-order chi connectivity index (χ0) is 15.4. The summed E-state index contributed by atoms with van der Waals surface area (Å²) in [6.07, 6.45) is 0. The number of hydrogen-bond donors (Lipinski definition) is 1. The molecule has 0 amide bonds. The molecule has 112 valence electrons. The van der Waals surface area contributed by atoms with E-state index in [-0.39, 0.29) is 5.56 Å². The Labute approximate surface area is 122 Å². The second kappa shape index (κ2) is 6.54. The molecule has 0 fully saturated rings. The Balaban J connectivity index is 2.14. The molecule has 2 N–H and O–H groups in total. The standard InChI is InChI=1S/C16H18F2N2O/c1-20(12-4-3-5-13(9-12)21-2)10-16(19)14-8-11(17)6-7-15(14)18/h3-9,16H,10,19H2,1-2H3. The Morgan fingerprint density at radius 2 is 1.95 bits per heavy atom. The first kappa shape index (κ1) is 15.3. The maximum atomic E-state index is 13.7. The third kappa shape index (κ3) is 3.70. The van der Waals surface area contributed by atoms with Crippen LogP contribution in [0.25, 0.3) is 0 Å². The molecule has 2 aromatic carbocycles. The number of rotatable bonds is 5. The monoisotopic (exact) mass is 292 g/mol. The predicted octanol–water partition coefficient (Wildman–Crippen LogP) is 3.11. The summed E-state index contributed by atoms with van der Waals surface area (Å²) in [6, 6.07) is 10.1. The molecule has 2 aromatic rings. The van der Waals surface area contributed by atoms with Crippen LogP contribution in [0.2, 0.25) is 0 Å². The summed E-state index contributed by atoms with van der Waals surface area (Å²) in [5, 5.41) is 0. The summed E-state index contributed by atoms with van der Waals surface area (Å²) in [5.41, 5.74) is 7.06. The first-order valence-electron chi connectivity index (χ1n) is 6.57. The highest BCUT2D eigenvalue weighted by Crippen LogP contribution is 2.23. The number of hydrogen-bond acceptors (Lipinski definition) is 3. The Morgan fingerprint density at radius 3 is 2.67 bits per heavy atom. The van der Waals surface area contributed by atoms with E-state index in [0.29, 0.717) is 6.54 Å². The van der Waals surface area contributed by atoms with Gasteiger partial charge in [0.05, 0.1) is 13.2 Å². The molecule has 0 aliphatic heterocycles. The smallest absolute Gasteiger partial charge is 0.128 e. The summed E-state index contributed by atoms with van der Waals surface area (Å²) in [5.74, 6) is -0.265. The van der Waals surface area contributed by atoms with Gasteiger partial charge in [0, 0.05) is 30.9 Å². The maximum absolute atomic E-state index is 13.7. The van der Waals surface area contributed by atoms with Gasteiger partial charge in [0.25, 0.3) is 0 Å². The summed E-state index contributed by atoms with van der Waals surface area (Å²) >= 11 is 0. The number of benzene rings is 2. The number of methoxy groups -OCH3 is 1. The zero-order valence-electron chi connectivity index (χ0n) is 12.0. The van der Waals surface area contributed by atoms with Crippen molar-refractivity contribution in [2.75, 3.05) is 25.6 Å². The van der Waals surface area contributed by atoms with Crippen LogP contribution in [0.3, 0.4) is 0 Å². The van der Waals surface area contributed by atoms with Gasteiger partial charge in [-0.15, -0.1) is 0 Å². The average molecular weight is 292 g/mol. The number of anilines is 1. The molecule has 2 rings (SSSR count). The van der Waals surface area contributed by atoms with Crippen molar-refractivity contribution < 1.29 is 13.5 Å². The Morgan fingerprint density at radius 1 is 1.19 bits per heavy atom. The fraction of sp³-hybridized carbons (Fsp3) is 0.250. The predicted molar refractivity (Wildman–Crippen MR) is 79.6 cm³/mol. The molecular weight excluding hydrogens is 274 g/mol. The SMILES string of the molecule is COc1cccc(N(C)CC(N)c2cc(F)ccc2F)c1. The summed E-state index contributed by atoms with van der Waals surface area (Å²) in [4.78, 5) is 1.87. The number of nitrogens with two attached hydrogens (primary N) is 1. The first-order chi connectivity index (χ1) is 10.0. The lowest BCUT2D eigenvalue weighted by Crippen LogP contribution is -2.29. The Kier molecular flexibility index (Phi) is 4.75. The lowest BCUT2D eigenvalue weighted by atomic mass is 10.1. The van der Waals surface area contributed by atoms with Crippen LogP contribution in [0.1, 0.15) is 11.6 Å². The topological polar surface area (TPSA) is 38.5 Å². The molecule has 3 nitrogen and oxygen atoms in total. The molecule has 0 heterocycles. The van der Waals surface area contributed by atoms with E-state index in [4.69, 9.17) is 10.5 Å². The highest BCUT2D eigenvalue weighted by Gasteiger charge is 2.15. The number of halogens is 2. The number of nitrogens with zero attached hydrogens (tertiary/aromatic N) is 1. The van der Waals surface area contributed by atoms with Gasteiger partial charge < -0.3 is 15.4 Å². The van der Waals surface area contributed by atoms with Crippen molar-refractivity contribution in [3.8, 4) is 5.75 Å². The van der Waals surface area contributed by atoms with Crippen LogP contribution in [-0.4, -0.2) is 20.7 Å². The van der Waals surface area contributed by atoms with Crippen molar-refractivity contribution in [2.45, 2.75) is 6.04 Å². The highest BCUT2D eigenvalue weighted by atomic mass is 19.1. The van der Waals surface area contributed by atoms with E-state index in [0.717, 1.165) is 29.6 Å². The minimum absolute atomic E-state index is 0.171. The normalized spacial score (nSPS) is 12.0. The van der Waals surface area contributed by atoms with Gasteiger partial charge in [-0.05, 0) is 30.3 Å². The second-order valence-corrected chi connectivity index (χ2v) is 4.85. The molecule has 21 heavy (non-hydrogen) atoms. The quantitative estimate of drug-likeness (QED) is 0.920. The van der Waals surface area contributed by atoms with E-state index in [2.05, 4.69) is 0 Å². The molecular formula is C16H18F2N2O. The van der Waals surface area contributed by atoms with Crippen molar-refractivity contribution in [3.05, 3.63) is 59.7 Å². The zero-order valence-corrected chi connectivity index (χ0v) is 12.0. The van der Waals surface area contributed by atoms with Crippen molar-refractivity contribution >= 4 is 5.69 Å². The van der Waals surface area contributed by atoms with Crippen LogP contribution < -0.4 is 15.4 Å². The largest absolute Gasteiger partial charge is 0.497 e. The lowest BCUT2D eigenvalue weighted by Gasteiger charge is -2.24. The van der Waals surface area contributed by atoms with Gasteiger partial charge >= 0.3 is 0 Å². The average Bonchev–Trinajstić information content (AvgIpc) is 2.49. The molecule has 1 atom stereocenters. The Hall–Kier alpha value is -2.14. The minimum atomic E-state index is -0.628. The van der Waals surface area contributed by atoms with Gasteiger partial charge in [-0.2, -0.15) is 0 Å². The van der Waals surface area contributed by atoms with Crippen LogP contribution in [0.4, 0.5) is 14.5 Å². The van der Waals surface area contributed by atoms with E-state index >= 15 is 0 Å².